The molecule has 1 aliphatic carbocycles. The molecule has 0 heterocycles. The van der Waals surface area contributed by atoms with Gasteiger partial charge in [-0.3, -0.25) is 4.79 Å². The molecule has 1 aromatic carbocycles. The molecule has 4 heteroatoms. The number of hydrogen-bond donors (Lipinski definition) is 0. The van der Waals surface area contributed by atoms with Crippen LogP contribution in [0.3, 0.4) is 0 Å². The standard InChI is InChI=1S/C11H10O3S/c12-10-7-4-8-11(10)15(13,14)9-5-2-1-3-6-9/h1-3,5-6,8H,4,7H2. The molecule has 0 saturated heterocycles. The Balaban J connectivity index is 2.49. The molecule has 3 nitrogen and oxygen atoms in total. The monoisotopic (exact) mass is 222 g/mol. The minimum atomic E-state index is -3.58. The van der Waals surface area contributed by atoms with E-state index in [2.05, 4.69) is 0 Å². The summed E-state index contributed by atoms with van der Waals surface area (Å²) in [6.45, 7) is 0. The largest absolute Gasteiger partial charge is 0.293 e. The van der Waals surface area contributed by atoms with Gasteiger partial charge in [0.15, 0.2) is 5.78 Å². The summed E-state index contributed by atoms with van der Waals surface area (Å²) in [5.74, 6) is -0.279. The highest BCUT2D eigenvalue weighted by molar-refractivity contribution is 7.96. The molecule has 0 spiro atoms. The Morgan fingerprint density at radius 2 is 1.73 bits per heavy atom. The summed E-state index contributed by atoms with van der Waals surface area (Å²) in [7, 11) is -3.58. The number of carbonyl (C=O) groups excluding carboxylic acids is 1. The van der Waals surface area contributed by atoms with Crippen LogP contribution in [0.1, 0.15) is 12.8 Å². The summed E-state index contributed by atoms with van der Waals surface area (Å²) in [6, 6.07) is 8.03. The van der Waals surface area contributed by atoms with Gasteiger partial charge in [-0.2, -0.15) is 0 Å². The maximum absolute atomic E-state index is 12.0. The van der Waals surface area contributed by atoms with Gasteiger partial charge in [0.25, 0.3) is 0 Å². The molecule has 1 aliphatic rings. The highest BCUT2D eigenvalue weighted by Gasteiger charge is 2.28. The van der Waals surface area contributed by atoms with Gasteiger partial charge in [-0.15, -0.1) is 0 Å². The SMILES string of the molecule is O=C1CCC=C1S(=O)(=O)c1ccccc1. The molecule has 0 bridgehead atoms. The van der Waals surface area contributed by atoms with Crippen LogP contribution in [-0.4, -0.2) is 14.2 Å². The van der Waals surface area contributed by atoms with Gasteiger partial charge in [-0.1, -0.05) is 24.3 Å². The fourth-order valence-corrected chi connectivity index (χ4v) is 3.07. The van der Waals surface area contributed by atoms with Crippen molar-refractivity contribution in [1.29, 1.82) is 0 Å². The Morgan fingerprint density at radius 1 is 1.07 bits per heavy atom. The van der Waals surface area contributed by atoms with Gasteiger partial charge in [0.1, 0.15) is 4.91 Å². The Hall–Kier alpha value is -1.42. The topological polar surface area (TPSA) is 51.2 Å². The second kappa shape index (κ2) is 3.62. The number of rotatable bonds is 2. The predicted molar refractivity (Wildman–Crippen MR) is 56.0 cm³/mol. The zero-order valence-electron chi connectivity index (χ0n) is 8.01. The molecule has 0 aliphatic heterocycles. The maximum atomic E-state index is 12.0. The summed E-state index contributed by atoms with van der Waals surface area (Å²) in [4.78, 5) is 11.5. The Kier molecular flexibility index (Phi) is 2.44. The minimum absolute atomic E-state index is 0.0475. The number of allylic oxidation sites excluding steroid dienone is 2. The van der Waals surface area contributed by atoms with E-state index in [0.717, 1.165) is 0 Å². The Morgan fingerprint density at radius 3 is 2.27 bits per heavy atom. The van der Waals surface area contributed by atoms with Crippen LogP contribution in [0, 0.1) is 0 Å². The molecule has 0 radical (unpaired) electrons. The van der Waals surface area contributed by atoms with Gasteiger partial charge in [0, 0.05) is 6.42 Å². The first kappa shape index (κ1) is 10.1. The van der Waals surface area contributed by atoms with E-state index >= 15 is 0 Å². The van der Waals surface area contributed by atoms with E-state index in [0.29, 0.717) is 12.8 Å². The van der Waals surface area contributed by atoms with Crippen molar-refractivity contribution in [2.75, 3.05) is 0 Å². The second-order valence-corrected chi connectivity index (χ2v) is 5.26. The lowest BCUT2D eigenvalue weighted by molar-refractivity contribution is -0.114. The van der Waals surface area contributed by atoms with Gasteiger partial charge in [-0.05, 0) is 18.6 Å². The molecule has 0 aromatic heterocycles. The van der Waals surface area contributed by atoms with E-state index in [9.17, 15) is 13.2 Å². The summed E-state index contributed by atoms with van der Waals surface area (Å²) >= 11 is 0. The van der Waals surface area contributed by atoms with Gasteiger partial charge >= 0.3 is 0 Å². The van der Waals surface area contributed by atoms with Crippen molar-refractivity contribution < 1.29 is 13.2 Å². The van der Waals surface area contributed by atoms with Gasteiger partial charge < -0.3 is 0 Å². The summed E-state index contributed by atoms with van der Waals surface area (Å²) in [6.07, 6.45) is 2.34. The fourth-order valence-electron chi connectivity index (χ4n) is 1.56. The number of ketones is 1. The van der Waals surface area contributed by atoms with Crippen molar-refractivity contribution >= 4 is 15.6 Å². The third kappa shape index (κ3) is 1.72. The highest BCUT2D eigenvalue weighted by Crippen LogP contribution is 2.25. The molecule has 1 aromatic rings. The first-order valence-corrected chi connectivity index (χ1v) is 6.14. The summed E-state index contributed by atoms with van der Waals surface area (Å²) < 4.78 is 23.9. The third-order valence-electron chi connectivity index (χ3n) is 2.32. The van der Waals surface area contributed by atoms with Crippen molar-refractivity contribution in [2.24, 2.45) is 0 Å². The second-order valence-electron chi connectivity index (χ2n) is 3.35. The average molecular weight is 222 g/mol. The lowest BCUT2D eigenvalue weighted by Gasteiger charge is -2.03. The molecule has 15 heavy (non-hydrogen) atoms. The molecular formula is C11H10O3S. The summed E-state index contributed by atoms with van der Waals surface area (Å²) in [5, 5.41) is 0. The number of sulfone groups is 1. The molecular weight excluding hydrogens is 212 g/mol. The van der Waals surface area contributed by atoms with Crippen molar-refractivity contribution in [2.45, 2.75) is 17.7 Å². The minimum Gasteiger partial charge on any atom is -0.293 e. The number of carbonyl (C=O) groups is 1. The van der Waals surface area contributed by atoms with Gasteiger partial charge in [0.05, 0.1) is 4.90 Å². The first-order valence-electron chi connectivity index (χ1n) is 4.66. The Labute approximate surface area is 88.3 Å². The van der Waals surface area contributed by atoms with Crippen LogP contribution in [0.5, 0.6) is 0 Å². The fraction of sp³-hybridized carbons (Fsp3) is 0.182. The van der Waals surface area contributed by atoms with Crippen LogP contribution in [0.15, 0.2) is 46.2 Å². The molecule has 0 amide bonds. The quantitative estimate of drug-likeness (QED) is 0.765. The van der Waals surface area contributed by atoms with Crippen LogP contribution < -0.4 is 0 Å². The molecule has 0 unspecified atom stereocenters. The van der Waals surface area contributed by atoms with E-state index in [1.807, 2.05) is 0 Å². The molecule has 0 N–H and O–H groups in total. The number of benzene rings is 1. The number of Topliss-reactive ketones (excluding diaryl/α,β-unsaturated/α-hetero) is 1. The normalized spacial score (nSPS) is 16.5. The van der Waals surface area contributed by atoms with Crippen molar-refractivity contribution in [3.63, 3.8) is 0 Å². The van der Waals surface area contributed by atoms with Crippen molar-refractivity contribution in [3.05, 3.63) is 41.3 Å². The van der Waals surface area contributed by atoms with Crippen LogP contribution >= 0.6 is 0 Å². The lowest BCUT2D eigenvalue weighted by Crippen LogP contribution is -2.10. The maximum Gasteiger partial charge on any atom is 0.209 e. The van der Waals surface area contributed by atoms with Crippen molar-refractivity contribution in [3.8, 4) is 0 Å². The van der Waals surface area contributed by atoms with Crippen LogP contribution in [0.4, 0.5) is 0 Å². The van der Waals surface area contributed by atoms with Crippen LogP contribution in [-0.2, 0) is 14.6 Å². The van der Waals surface area contributed by atoms with E-state index < -0.39 is 9.84 Å². The van der Waals surface area contributed by atoms with E-state index in [1.54, 1.807) is 18.2 Å². The molecule has 0 fully saturated rings. The predicted octanol–water partition coefficient (Wildman–Crippen LogP) is 1.71. The lowest BCUT2D eigenvalue weighted by atomic mass is 10.3. The van der Waals surface area contributed by atoms with E-state index in [-0.39, 0.29) is 15.6 Å². The Bertz CT molecular complexity index is 512. The number of hydrogen-bond acceptors (Lipinski definition) is 3. The van der Waals surface area contributed by atoms with E-state index in [4.69, 9.17) is 0 Å². The molecule has 78 valence electrons. The first-order chi connectivity index (χ1) is 7.12. The van der Waals surface area contributed by atoms with Crippen LogP contribution in [0.2, 0.25) is 0 Å². The van der Waals surface area contributed by atoms with Crippen molar-refractivity contribution in [1.82, 2.24) is 0 Å². The molecule has 2 rings (SSSR count). The van der Waals surface area contributed by atoms with Gasteiger partial charge in [-0.25, -0.2) is 8.42 Å². The van der Waals surface area contributed by atoms with Crippen LogP contribution in [0.25, 0.3) is 0 Å². The zero-order valence-corrected chi connectivity index (χ0v) is 8.83. The third-order valence-corrected chi connectivity index (χ3v) is 4.19. The van der Waals surface area contributed by atoms with Gasteiger partial charge in [0.2, 0.25) is 9.84 Å². The molecule has 0 saturated carbocycles. The summed E-state index contributed by atoms with van der Waals surface area (Å²) in [5.41, 5.74) is 0. The smallest absolute Gasteiger partial charge is 0.209 e. The highest BCUT2D eigenvalue weighted by atomic mass is 32.2. The average Bonchev–Trinajstić information content (AvgIpc) is 2.66. The van der Waals surface area contributed by atoms with E-state index in [1.165, 1.54) is 18.2 Å². The zero-order chi connectivity index (χ0) is 10.9. The molecule has 0 atom stereocenters.